The lowest BCUT2D eigenvalue weighted by Gasteiger charge is -2.36. The first-order valence-electron chi connectivity index (χ1n) is 7.67. The summed E-state index contributed by atoms with van der Waals surface area (Å²) in [6.07, 6.45) is 6.37. The fourth-order valence-electron chi connectivity index (χ4n) is 2.28. The predicted octanol–water partition coefficient (Wildman–Crippen LogP) is 3.67. The van der Waals surface area contributed by atoms with Gasteiger partial charge in [-0.1, -0.05) is 34.1 Å². The maximum atomic E-state index is 3.58. The van der Waals surface area contributed by atoms with Crippen LogP contribution in [0.2, 0.25) is 0 Å². The van der Waals surface area contributed by atoms with Gasteiger partial charge < -0.3 is 5.32 Å². The normalized spacial score (nSPS) is 15.2. The number of hydrogen-bond donors (Lipinski definition) is 1. The quantitative estimate of drug-likeness (QED) is 0.556. The zero-order valence-corrected chi connectivity index (χ0v) is 12.8. The van der Waals surface area contributed by atoms with E-state index in [1.165, 1.54) is 38.6 Å². The third-order valence-corrected chi connectivity index (χ3v) is 3.67. The lowest BCUT2D eigenvalue weighted by molar-refractivity contribution is 0.131. The Balaban J connectivity index is 4.26. The third kappa shape index (κ3) is 7.05. The lowest BCUT2D eigenvalue weighted by Crippen LogP contribution is -2.47. The van der Waals surface area contributed by atoms with Crippen LogP contribution in [0.4, 0.5) is 0 Å². The van der Waals surface area contributed by atoms with Crippen molar-refractivity contribution in [2.45, 2.75) is 78.8 Å². The molecule has 0 spiro atoms. The summed E-state index contributed by atoms with van der Waals surface area (Å²) >= 11 is 0. The summed E-state index contributed by atoms with van der Waals surface area (Å²) in [6, 6.07) is 1.43. The molecule has 0 aromatic heterocycles. The van der Waals surface area contributed by atoms with E-state index in [-0.39, 0.29) is 0 Å². The second-order valence-electron chi connectivity index (χ2n) is 5.11. The van der Waals surface area contributed by atoms with Gasteiger partial charge >= 0.3 is 0 Å². The van der Waals surface area contributed by atoms with E-state index >= 15 is 0 Å². The highest BCUT2D eigenvalue weighted by atomic mass is 15.2. The molecule has 104 valence electrons. The zero-order chi connectivity index (χ0) is 13.1. The first kappa shape index (κ1) is 16.9. The number of nitrogens with zero attached hydrogens (tertiary/aromatic N) is 1. The molecule has 1 N–H and O–H groups in total. The molecule has 2 nitrogen and oxygen atoms in total. The Labute approximate surface area is 109 Å². The van der Waals surface area contributed by atoms with Crippen molar-refractivity contribution in [1.82, 2.24) is 10.2 Å². The highest BCUT2D eigenvalue weighted by Crippen LogP contribution is 2.13. The van der Waals surface area contributed by atoms with E-state index in [9.17, 15) is 0 Å². The van der Waals surface area contributed by atoms with Crippen LogP contribution in [0.25, 0.3) is 0 Å². The van der Waals surface area contributed by atoms with Gasteiger partial charge in [0.1, 0.15) is 0 Å². The molecule has 0 rings (SSSR count). The predicted molar refractivity (Wildman–Crippen MR) is 78.6 cm³/mol. The Bertz CT molecular complexity index is 159. The van der Waals surface area contributed by atoms with Crippen LogP contribution in [0.3, 0.4) is 0 Å². The summed E-state index contributed by atoms with van der Waals surface area (Å²) in [5.41, 5.74) is 0. The fraction of sp³-hybridized carbons (Fsp3) is 1.00. The van der Waals surface area contributed by atoms with Crippen LogP contribution in [0.5, 0.6) is 0 Å². The summed E-state index contributed by atoms with van der Waals surface area (Å²) in [5.74, 6) is 0. The Morgan fingerprint density at radius 1 is 1.00 bits per heavy atom. The monoisotopic (exact) mass is 242 g/mol. The summed E-state index contributed by atoms with van der Waals surface area (Å²) in [7, 11) is 0. The molecule has 0 bridgehead atoms. The third-order valence-electron chi connectivity index (χ3n) is 3.67. The van der Waals surface area contributed by atoms with E-state index in [1.54, 1.807) is 0 Å². The standard InChI is InChI=1S/C15H34N2/c1-6-10-12-17(14(5)8-3)15(9-4)13-16-11-7-2/h14-16H,6-13H2,1-5H3. The maximum absolute atomic E-state index is 3.58. The molecule has 17 heavy (non-hydrogen) atoms. The number of rotatable bonds is 11. The highest BCUT2D eigenvalue weighted by molar-refractivity contribution is 4.77. The molecule has 0 fully saturated rings. The Morgan fingerprint density at radius 3 is 2.18 bits per heavy atom. The molecule has 0 heterocycles. The molecule has 0 aliphatic heterocycles. The molecule has 0 aromatic carbocycles. The Hall–Kier alpha value is -0.0800. The Kier molecular flexibility index (Phi) is 11.0. The van der Waals surface area contributed by atoms with E-state index in [0.29, 0.717) is 6.04 Å². The van der Waals surface area contributed by atoms with Crippen molar-refractivity contribution in [3.8, 4) is 0 Å². The van der Waals surface area contributed by atoms with E-state index in [2.05, 4.69) is 44.8 Å². The molecule has 0 saturated heterocycles. The minimum absolute atomic E-state index is 0.711. The molecule has 0 amide bonds. The van der Waals surface area contributed by atoms with Crippen LogP contribution in [0, 0.1) is 0 Å². The van der Waals surface area contributed by atoms with E-state index < -0.39 is 0 Å². The Morgan fingerprint density at radius 2 is 1.71 bits per heavy atom. The summed E-state index contributed by atoms with van der Waals surface area (Å²) in [5, 5.41) is 3.58. The summed E-state index contributed by atoms with van der Waals surface area (Å²) < 4.78 is 0. The van der Waals surface area contributed by atoms with Crippen LogP contribution in [-0.4, -0.2) is 36.6 Å². The zero-order valence-electron chi connectivity index (χ0n) is 12.8. The number of nitrogens with one attached hydrogen (secondary N) is 1. The smallest absolute Gasteiger partial charge is 0.0220 e. The SMILES string of the molecule is CCCCN(C(C)CC)C(CC)CNCCC. The van der Waals surface area contributed by atoms with E-state index in [1.807, 2.05) is 0 Å². The second kappa shape index (κ2) is 11.0. The van der Waals surface area contributed by atoms with Gasteiger partial charge in [0, 0.05) is 18.6 Å². The highest BCUT2D eigenvalue weighted by Gasteiger charge is 2.20. The lowest BCUT2D eigenvalue weighted by atomic mass is 10.1. The summed E-state index contributed by atoms with van der Waals surface area (Å²) in [6.45, 7) is 15.1. The maximum Gasteiger partial charge on any atom is 0.0220 e. The van der Waals surface area contributed by atoms with Gasteiger partial charge in [-0.15, -0.1) is 0 Å². The topological polar surface area (TPSA) is 15.3 Å². The van der Waals surface area contributed by atoms with Crippen LogP contribution >= 0.6 is 0 Å². The number of hydrogen-bond acceptors (Lipinski definition) is 2. The molecular weight excluding hydrogens is 208 g/mol. The minimum atomic E-state index is 0.711. The van der Waals surface area contributed by atoms with Gasteiger partial charge in [0.25, 0.3) is 0 Å². The largest absolute Gasteiger partial charge is 0.315 e. The first-order chi connectivity index (χ1) is 8.21. The van der Waals surface area contributed by atoms with Crippen LogP contribution in [0.1, 0.15) is 66.7 Å². The molecule has 2 heteroatoms. The average molecular weight is 242 g/mol. The average Bonchev–Trinajstić information content (AvgIpc) is 2.36. The van der Waals surface area contributed by atoms with Gasteiger partial charge in [-0.25, -0.2) is 0 Å². The number of unbranched alkanes of at least 4 members (excludes halogenated alkanes) is 1. The summed E-state index contributed by atoms with van der Waals surface area (Å²) in [4.78, 5) is 2.71. The molecule has 0 radical (unpaired) electrons. The molecule has 0 aliphatic rings. The van der Waals surface area contributed by atoms with Crippen molar-refractivity contribution in [1.29, 1.82) is 0 Å². The van der Waals surface area contributed by atoms with Crippen LogP contribution in [-0.2, 0) is 0 Å². The van der Waals surface area contributed by atoms with Gasteiger partial charge in [0.05, 0.1) is 0 Å². The minimum Gasteiger partial charge on any atom is -0.315 e. The van der Waals surface area contributed by atoms with E-state index in [0.717, 1.165) is 19.1 Å². The van der Waals surface area contributed by atoms with Gasteiger partial charge in [0.15, 0.2) is 0 Å². The molecular formula is C15H34N2. The van der Waals surface area contributed by atoms with Gasteiger partial charge in [-0.05, 0) is 45.7 Å². The van der Waals surface area contributed by atoms with Crippen molar-refractivity contribution >= 4 is 0 Å². The molecule has 0 saturated carbocycles. The second-order valence-corrected chi connectivity index (χ2v) is 5.11. The molecule has 2 atom stereocenters. The van der Waals surface area contributed by atoms with Crippen LogP contribution < -0.4 is 5.32 Å². The van der Waals surface area contributed by atoms with Crippen LogP contribution in [0.15, 0.2) is 0 Å². The fourth-order valence-corrected chi connectivity index (χ4v) is 2.28. The van der Waals surface area contributed by atoms with Crippen molar-refractivity contribution < 1.29 is 0 Å². The van der Waals surface area contributed by atoms with Gasteiger partial charge in [-0.3, -0.25) is 4.90 Å². The van der Waals surface area contributed by atoms with Crippen molar-refractivity contribution in [2.24, 2.45) is 0 Å². The van der Waals surface area contributed by atoms with E-state index in [4.69, 9.17) is 0 Å². The molecule has 0 aromatic rings. The van der Waals surface area contributed by atoms with Crippen molar-refractivity contribution in [3.63, 3.8) is 0 Å². The van der Waals surface area contributed by atoms with Crippen molar-refractivity contribution in [3.05, 3.63) is 0 Å². The molecule has 2 unspecified atom stereocenters. The van der Waals surface area contributed by atoms with Gasteiger partial charge in [0.2, 0.25) is 0 Å². The molecule has 0 aliphatic carbocycles. The first-order valence-corrected chi connectivity index (χ1v) is 7.67. The van der Waals surface area contributed by atoms with Gasteiger partial charge in [-0.2, -0.15) is 0 Å². The van der Waals surface area contributed by atoms with Crippen molar-refractivity contribution in [2.75, 3.05) is 19.6 Å².